The first-order chi connectivity index (χ1) is 16.8. The van der Waals surface area contributed by atoms with E-state index >= 15 is 0 Å². The quantitative estimate of drug-likeness (QED) is 0.458. The summed E-state index contributed by atoms with van der Waals surface area (Å²) in [5, 5.41) is 14.0. The van der Waals surface area contributed by atoms with E-state index in [4.69, 9.17) is 10.5 Å². The number of nitrogens with zero attached hydrogens (tertiary/aromatic N) is 6. The summed E-state index contributed by atoms with van der Waals surface area (Å²) in [4.78, 5) is 35.1. The van der Waals surface area contributed by atoms with Crippen LogP contribution in [0.4, 0.5) is 10.7 Å². The average molecular weight is 476 g/mol. The number of aromatic nitrogens is 5. The zero-order valence-corrected chi connectivity index (χ0v) is 19.4. The molecule has 0 saturated carbocycles. The number of pyridine rings is 1. The third-order valence-electron chi connectivity index (χ3n) is 5.96. The second-order valence-corrected chi connectivity index (χ2v) is 8.54. The highest BCUT2D eigenvalue weighted by molar-refractivity contribution is 5.90. The maximum atomic E-state index is 13.3. The van der Waals surface area contributed by atoms with E-state index in [1.165, 1.54) is 14.0 Å². The summed E-state index contributed by atoms with van der Waals surface area (Å²) in [6.07, 6.45) is -1.54. The first-order valence-corrected chi connectivity index (χ1v) is 11.2. The second-order valence-electron chi connectivity index (χ2n) is 8.54. The molecule has 3 aromatic heterocycles. The number of morpholine rings is 1. The van der Waals surface area contributed by atoms with Crippen molar-refractivity contribution < 1.29 is 14.6 Å². The van der Waals surface area contributed by atoms with Crippen LogP contribution in [0.5, 0.6) is 0 Å². The lowest BCUT2D eigenvalue weighted by atomic mass is 9.99. The molecule has 0 radical (unpaired) electrons. The molecular weight excluding hydrogens is 450 g/mol. The number of carboxylic acid groups (broad SMARTS) is 1. The second kappa shape index (κ2) is 8.84. The Hall–Kier alpha value is -4.25. The van der Waals surface area contributed by atoms with Crippen molar-refractivity contribution in [2.45, 2.75) is 26.5 Å². The SMILES string of the molecule is Cc1cc(-c2c(-c3ccccc3)nc(N)n3c(=O)n(C[C@H]4CN(C(=O)O)CCO4)nc23)cc(C)n1. The molecule has 5 rings (SSSR count). The Morgan fingerprint density at radius 1 is 1.14 bits per heavy atom. The fraction of sp³-hybridized carbons (Fsp3) is 0.292. The van der Waals surface area contributed by atoms with E-state index < -0.39 is 17.9 Å². The summed E-state index contributed by atoms with van der Waals surface area (Å²) < 4.78 is 8.26. The fourth-order valence-corrected chi connectivity index (χ4v) is 4.47. The highest BCUT2D eigenvalue weighted by atomic mass is 16.5. The molecule has 0 bridgehead atoms. The monoisotopic (exact) mass is 475 g/mol. The van der Waals surface area contributed by atoms with Crippen LogP contribution in [0.25, 0.3) is 28.0 Å². The molecule has 0 unspecified atom stereocenters. The van der Waals surface area contributed by atoms with E-state index in [2.05, 4.69) is 15.1 Å². The maximum absolute atomic E-state index is 13.3. The number of benzene rings is 1. The molecule has 1 fully saturated rings. The number of anilines is 1. The Bertz CT molecular complexity index is 1460. The highest BCUT2D eigenvalue weighted by Gasteiger charge is 2.27. The molecule has 1 aliphatic rings. The minimum absolute atomic E-state index is 0.0121. The molecule has 1 saturated heterocycles. The Kier molecular flexibility index (Phi) is 5.69. The molecule has 1 aliphatic heterocycles. The number of aryl methyl sites for hydroxylation is 2. The Labute approximate surface area is 200 Å². The largest absolute Gasteiger partial charge is 0.465 e. The molecule has 1 atom stereocenters. The molecule has 1 amide bonds. The zero-order valence-electron chi connectivity index (χ0n) is 19.4. The number of ether oxygens (including phenoxy) is 1. The first kappa shape index (κ1) is 22.5. The number of carbonyl (C=O) groups is 1. The van der Waals surface area contributed by atoms with Crippen LogP contribution >= 0.6 is 0 Å². The number of hydrogen-bond acceptors (Lipinski definition) is 7. The van der Waals surface area contributed by atoms with Gasteiger partial charge in [-0.3, -0.25) is 4.98 Å². The van der Waals surface area contributed by atoms with E-state index in [-0.39, 0.29) is 32.2 Å². The third-order valence-corrected chi connectivity index (χ3v) is 5.96. The topological polar surface area (TPSA) is 141 Å². The summed E-state index contributed by atoms with van der Waals surface area (Å²) in [6, 6.07) is 13.4. The van der Waals surface area contributed by atoms with E-state index in [0.29, 0.717) is 16.9 Å². The van der Waals surface area contributed by atoms with Crippen molar-refractivity contribution in [2.24, 2.45) is 0 Å². The molecule has 3 N–H and O–H groups in total. The van der Waals surface area contributed by atoms with Gasteiger partial charge >= 0.3 is 11.8 Å². The minimum Gasteiger partial charge on any atom is -0.465 e. The Morgan fingerprint density at radius 3 is 2.54 bits per heavy atom. The number of rotatable bonds is 4. The zero-order chi connectivity index (χ0) is 24.7. The normalized spacial score (nSPS) is 16.1. The predicted molar refractivity (Wildman–Crippen MR) is 129 cm³/mol. The van der Waals surface area contributed by atoms with Gasteiger partial charge in [-0.15, -0.1) is 5.10 Å². The molecule has 180 valence electrons. The highest BCUT2D eigenvalue weighted by Crippen LogP contribution is 2.34. The molecule has 11 heteroatoms. The maximum Gasteiger partial charge on any atom is 0.407 e. The van der Waals surface area contributed by atoms with E-state index in [1.807, 2.05) is 56.3 Å². The van der Waals surface area contributed by atoms with Crippen molar-refractivity contribution in [1.29, 1.82) is 0 Å². The molecule has 11 nitrogen and oxygen atoms in total. The summed E-state index contributed by atoms with van der Waals surface area (Å²) >= 11 is 0. The van der Waals surface area contributed by atoms with Gasteiger partial charge in [0.15, 0.2) is 5.65 Å². The van der Waals surface area contributed by atoms with Gasteiger partial charge in [-0.2, -0.15) is 0 Å². The third kappa shape index (κ3) is 4.21. The van der Waals surface area contributed by atoms with E-state index in [9.17, 15) is 14.7 Å². The van der Waals surface area contributed by atoms with Crippen molar-refractivity contribution in [3.05, 3.63) is 64.3 Å². The van der Waals surface area contributed by atoms with Crippen LogP contribution < -0.4 is 11.4 Å². The van der Waals surface area contributed by atoms with Crippen LogP contribution in [0.15, 0.2) is 47.3 Å². The summed E-state index contributed by atoms with van der Waals surface area (Å²) in [6.45, 7) is 4.57. The molecule has 1 aromatic carbocycles. The smallest absolute Gasteiger partial charge is 0.407 e. The van der Waals surface area contributed by atoms with Crippen molar-refractivity contribution >= 4 is 17.7 Å². The van der Waals surface area contributed by atoms with Gasteiger partial charge in [0.1, 0.15) is 0 Å². The summed E-state index contributed by atoms with van der Waals surface area (Å²) in [7, 11) is 0. The minimum atomic E-state index is -1.02. The van der Waals surface area contributed by atoms with Gasteiger partial charge in [-0.05, 0) is 31.5 Å². The number of nitrogen functional groups attached to an aromatic ring is 1. The van der Waals surface area contributed by atoms with Crippen molar-refractivity contribution in [1.82, 2.24) is 29.0 Å². The van der Waals surface area contributed by atoms with Crippen LogP contribution in [0.1, 0.15) is 11.4 Å². The van der Waals surface area contributed by atoms with E-state index in [0.717, 1.165) is 22.5 Å². The summed E-state index contributed by atoms with van der Waals surface area (Å²) in [5.74, 6) is 0.0121. The van der Waals surface area contributed by atoms with Gasteiger partial charge in [0.05, 0.1) is 37.1 Å². The number of nitrogens with two attached hydrogens (primary N) is 1. The van der Waals surface area contributed by atoms with Gasteiger partial charge in [0.2, 0.25) is 5.95 Å². The van der Waals surface area contributed by atoms with Crippen LogP contribution in [0.2, 0.25) is 0 Å². The molecule has 0 aliphatic carbocycles. The molecule has 4 heterocycles. The predicted octanol–water partition coefficient (Wildman–Crippen LogP) is 2.20. The molecular formula is C24H25N7O4. The van der Waals surface area contributed by atoms with Crippen LogP contribution in [-0.4, -0.2) is 66.0 Å². The van der Waals surface area contributed by atoms with Gasteiger partial charge in [0.25, 0.3) is 0 Å². The standard InChI is InChI=1S/C24H25N7O4/c1-14-10-17(11-15(2)26-14)19-20(16-6-4-3-5-7-16)27-22(25)31-21(19)28-30(23(31)32)13-18-12-29(24(33)34)8-9-35-18/h3-7,10-11,18H,8-9,12-13H2,1-2H3,(H2,25,27)(H,33,34)/t18-/m1/s1. The summed E-state index contributed by atoms with van der Waals surface area (Å²) in [5.41, 5.74) is 10.7. The van der Waals surface area contributed by atoms with Gasteiger partial charge < -0.3 is 20.5 Å². The Balaban J connectivity index is 1.70. The Morgan fingerprint density at radius 2 is 1.86 bits per heavy atom. The number of hydrogen-bond donors (Lipinski definition) is 2. The fourth-order valence-electron chi connectivity index (χ4n) is 4.47. The van der Waals surface area contributed by atoms with Crippen LogP contribution in [0.3, 0.4) is 0 Å². The average Bonchev–Trinajstić information content (AvgIpc) is 3.15. The van der Waals surface area contributed by atoms with Crippen molar-refractivity contribution in [3.8, 4) is 22.4 Å². The lowest BCUT2D eigenvalue weighted by Crippen LogP contribution is -2.47. The lowest BCUT2D eigenvalue weighted by molar-refractivity contribution is -0.0311. The van der Waals surface area contributed by atoms with Gasteiger partial charge in [-0.25, -0.2) is 23.7 Å². The lowest BCUT2D eigenvalue weighted by Gasteiger charge is -2.30. The van der Waals surface area contributed by atoms with E-state index in [1.54, 1.807) is 0 Å². The molecule has 35 heavy (non-hydrogen) atoms. The molecule has 4 aromatic rings. The first-order valence-electron chi connectivity index (χ1n) is 11.2. The van der Waals surface area contributed by atoms with Gasteiger partial charge in [0, 0.05) is 23.5 Å². The van der Waals surface area contributed by atoms with Crippen molar-refractivity contribution in [3.63, 3.8) is 0 Å². The van der Waals surface area contributed by atoms with Crippen molar-refractivity contribution in [2.75, 3.05) is 25.4 Å². The number of fused-ring (bicyclic) bond motifs is 1. The molecule has 0 spiro atoms. The number of amides is 1. The van der Waals surface area contributed by atoms with Gasteiger partial charge in [-0.1, -0.05) is 30.3 Å². The van der Waals surface area contributed by atoms with Crippen LogP contribution in [-0.2, 0) is 11.3 Å². The van der Waals surface area contributed by atoms with Crippen LogP contribution in [0, 0.1) is 13.8 Å².